The minimum atomic E-state index is -3.66. The maximum absolute atomic E-state index is 12.2. The molecule has 1 amide bonds. The van der Waals surface area contributed by atoms with Crippen LogP contribution in [-0.4, -0.2) is 80.0 Å². The highest BCUT2D eigenvalue weighted by atomic mass is 32.2. The first kappa shape index (κ1) is 25.4. The van der Waals surface area contributed by atoms with Crippen LogP contribution in [0.3, 0.4) is 0 Å². The number of amides is 1. The Bertz CT molecular complexity index is 972. The number of hydrogen-bond donors (Lipinski definition) is 3. The molecule has 1 saturated heterocycles. The van der Waals surface area contributed by atoms with Crippen molar-refractivity contribution in [3.63, 3.8) is 0 Å². The van der Waals surface area contributed by atoms with Crippen LogP contribution in [0, 0.1) is 0 Å². The predicted octanol–water partition coefficient (Wildman–Crippen LogP) is 0.00380. The van der Waals surface area contributed by atoms with Gasteiger partial charge in [0.2, 0.25) is 11.9 Å². The molecule has 1 aromatic rings. The number of ether oxygens (including phenoxy) is 2. The van der Waals surface area contributed by atoms with Gasteiger partial charge in [-0.3, -0.25) is 14.2 Å². The number of aliphatic imine (C=N–C) groups is 2. The first-order chi connectivity index (χ1) is 14.9. The Labute approximate surface area is 187 Å². The summed E-state index contributed by atoms with van der Waals surface area (Å²) >= 11 is 0. The number of benzene rings is 1. The first-order valence-corrected chi connectivity index (χ1v) is 11.6. The standard InChI is InChI=1S/C17H24N6O3.C2H6O3S/c1-17(2)21-15(18)20-16(19)23(17)12-4-3-5-13(10-12)26-11-14(24)22-6-8-25-9-7-22;1-2-6(3,4)5/h3-5,10H,6-9,11H2,1-2H3,(H4,18,19,20,21);2H2,1H3,(H,3,4,5). The number of anilines is 1. The van der Waals surface area contributed by atoms with Crippen LogP contribution in [0.1, 0.15) is 20.8 Å². The molecule has 2 heterocycles. The topological polar surface area (TPSA) is 173 Å². The molecule has 0 spiro atoms. The van der Waals surface area contributed by atoms with Crippen LogP contribution >= 0.6 is 0 Å². The van der Waals surface area contributed by atoms with Gasteiger partial charge in [0.25, 0.3) is 16.0 Å². The third kappa shape index (κ3) is 7.35. The summed E-state index contributed by atoms with van der Waals surface area (Å²) in [5.41, 5.74) is 11.8. The van der Waals surface area contributed by atoms with E-state index in [-0.39, 0.29) is 30.2 Å². The van der Waals surface area contributed by atoms with Gasteiger partial charge in [0.1, 0.15) is 11.4 Å². The predicted molar refractivity (Wildman–Crippen MR) is 121 cm³/mol. The highest BCUT2D eigenvalue weighted by Gasteiger charge is 2.33. The molecule has 0 radical (unpaired) electrons. The van der Waals surface area contributed by atoms with E-state index in [0.717, 1.165) is 5.69 Å². The van der Waals surface area contributed by atoms with Crippen molar-refractivity contribution in [1.82, 2.24) is 4.90 Å². The quantitative estimate of drug-likeness (QED) is 0.501. The van der Waals surface area contributed by atoms with Crippen molar-refractivity contribution in [2.75, 3.05) is 43.6 Å². The van der Waals surface area contributed by atoms with Gasteiger partial charge in [-0.2, -0.15) is 13.4 Å². The highest BCUT2D eigenvalue weighted by Crippen LogP contribution is 2.29. The van der Waals surface area contributed by atoms with Gasteiger partial charge >= 0.3 is 0 Å². The number of hydrogen-bond acceptors (Lipinski definition) is 10. The molecule has 0 saturated carbocycles. The molecule has 0 unspecified atom stereocenters. The summed E-state index contributed by atoms with van der Waals surface area (Å²) in [4.78, 5) is 24.1. The molecule has 0 aromatic heterocycles. The average Bonchev–Trinajstić information content (AvgIpc) is 2.71. The van der Waals surface area contributed by atoms with Crippen LogP contribution in [0.5, 0.6) is 5.75 Å². The summed E-state index contributed by atoms with van der Waals surface area (Å²) in [6.07, 6.45) is 0. The van der Waals surface area contributed by atoms with Crippen LogP contribution in [0.4, 0.5) is 5.69 Å². The van der Waals surface area contributed by atoms with E-state index in [1.807, 2.05) is 26.0 Å². The summed E-state index contributed by atoms with van der Waals surface area (Å²) < 4.78 is 37.8. The van der Waals surface area contributed by atoms with E-state index in [0.29, 0.717) is 32.1 Å². The van der Waals surface area contributed by atoms with Crippen molar-refractivity contribution in [3.8, 4) is 5.75 Å². The van der Waals surface area contributed by atoms with E-state index in [1.54, 1.807) is 21.9 Å². The SMILES string of the molecule is CC1(C)N=C(N)N=C(N)N1c1cccc(OCC(=O)N2CCOCC2)c1.CCS(=O)(=O)O. The largest absolute Gasteiger partial charge is 0.484 e. The first-order valence-electron chi connectivity index (χ1n) is 9.96. The zero-order valence-electron chi connectivity index (χ0n) is 18.4. The summed E-state index contributed by atoms with van der Waals surface area (Å²) in [6.45, 7) is 7.43. The van der Waals surface area contributed by atoms with Crippen molar-refractivity contribution in [2.45, 2.75) is 26.4 Å². The van der Waals surface area contributed by atoms with Crippen molar-refractivity contribution in [2.24, 2.45) is 21.5 Å². The minimum absolute atomic E-state index is 0.0263. The van der Waals surface area contributed by atoms with Gasteiger partial charge in [0.15, 0.2) is 6.61 Å². The third-order valence-corrected chi connectivity index (χ3v) is 5.29. The van der Waals surface area contributed by atoms with E-state index in [1.165, 1.54) is 6.92 Å². The molecular formula is C19H30N6O6S. The molecule has 2 aliphatic heterocycles. The molecular weight excluding hydrogens is 440 g/mol. The molecule has 3 rings (SSSR count). The van der Waals surface area contributed by atoms with Gasteiger partial charge < -0.3 is 25.8 Å². The number of rotatable bonds is 5. The summed E-state index contributed by atoms with van der Waals surface area (Å²) in [5, 5.41) is 0. The normalized spacial score (nSPS) is 18.1. The second-order valence-electron chi connectivity index (χ2n) is 7.42. The van der Waals surface area contributed by atoms with Gasteiger partial charge in [-0.25, -0.2) is 4.99 Å². The van der Waals surface area contributed by atoms with Crippen molar-refractivity contribution in [1.29, 1.82) is 0 Å². The maximum Gasteiger partial charge on any atom is 0.264 e. The van der Waals surface area contributed by atoms with E-state index < -0.39 is 15.8 Å². The molecule has 0 atom stereocenters. The molecule has 178 valence electrons. The van der Waals surface area contributed by atoms with E-state index in [4.69, 9.17) is 25.5 Å². The Balaban J connectivity index is 0.000000534. The zero-order valence-corrected chi connectivity index (χ0v) is 19.2. The van der Waals surface area contributed by atoms with E-state index in [2.05, 4.69) is 9.98 Å². The maximum atomic E-state index is 12.2. The van der Waals surface area contributed by atoms with Crippen LogP contribution in [0.2, 0.25) is 0 Å². The Kier molecular flexibility index (Phi) is 8.41. The second-order valence-corrected chi connectivity index (χ2v) is 9.16. The Morgan fingerprint density at radius 2 is 1.91 bits per heavy atom. The number of carbonyl (C=O) groups is 1. The second kappa shape index (κ2) is 10.6. The molecule has 32 heavy (non-hydrogen) atoms. The van der Waals surface area contributed by atoms with Crippen molar-refractivity contribution >= 4 is 33.6 Å². The lowest BCUT2D eigenvalue weighted by Crippen LogP contribution is -2.54. The van der Waals surface area contributed by atoms with E-state index >= 15 is 0 Å². The lowest BCUT2D eigenvalue weighted by atomic mass is 10.1. The highest BCUT2D eigenvalue weighted by molar-refractivity contribution is 7.85. The van der Waals surface area contributed by atoms with Crippen LogP contribution in [-0.2, 0) is 19.6 Å². The molecule has 12 nitrogen and oxygen atoms in total. The third-order valence-electron chi connectivity index (χ3n) is 4.56. The number of nitrogens with zero attached hydrogens (tertiary/aromatic N) is 4. The fourth-order valence-electron chi connectivity index (χ4n) is 3.01. The Hall–Kier alpha value is -2.90. The van der Waals surface area contributed by atoms with Gasteiger partial charge in [0.05, 0.1) is 19.0 Å². The number of carbonyl (C=O) groups excluding carboxylic acids is 1. The number of guanidine groups is 2. The summed E-state index contributed by atoms with van der Waals surface area (Å²) in [6, 6.07) is 7.29. The average molecular weight is 471 g/mol. The van der Waals surface area contributed by atoms with Crippen molar-refractivity contribution in [3.05, 3.63) is 24.3 Å². The lowest BCUT2D eigenvalue weighted by molar-refractivity contribution is -0.137. The fourth-order valence-corrected chi connectivity index (χ4v) is 3.01. The summed E-state index contributed by atoms with van der Waals surface area (Å²) in [5.74, 6) is 0.703. The van der Waals surface area contributed by atoms with Crippen molar-refractivity contribution < 1.29 is 27.2 Å². The van der Waals surface area contributed by atoms with Gasteiger partial charge in [-0.15, -0.1) is 0 Å². The van der Waals surface area contributed by atoms with E-state index in [9.17, 15) is 13.2 Å². The molecule has 1 fully saturated rings. The van der Waals surface area contributed by atoms with Gasteiger partial charge in [0, 0.05) is 24.8 Å². The summed E-state index contributed by atoms with van der Waals surface area (Å²) in [7, 11) is -3.66. The lowest BCUT2D eigenvalue weighted by Gasteiger charge is -2.38. The molecule has 1 aromatic carbocycles. The number of morpholine rings is 1. The monoisotopic (exact) mass is 470 g/mol. The smallest absolute Gasteiger partial charge is 0.264 e. The molecule has 13 heteroatoms. The fraction of sp³-hybridized carbons (Fsp3) is 0.526. The molecule has 0 bridgehead atoms. The molecule has 2 aliphatic rings. The van der Waals surface area contributed by atoms with Gasteiger partial charge in [-0.05, 0) is 32.9 Å². The van der Waals surface area contributed by atoms with Crippen LogP contribution in [0.15, 0.2) is 34.3 Å². The zero-order chi connectivity index (χ0) is 23.9. The molecule has 5 N–H and O–H groups in total. The number of nitrogens with two attached hydrogens (primary N) is 2. The Morgan fingerprint density at radius 3 is 2.47 bits per heavy atom. The van der Waals surface area contributed by atoms with Crippen LogP contribution < -0.4 is 21.1 Å². The minimum Gasteiger partial charge on any atom is -0.484 e. The van der Waals surface area contributed by atoms with Crippen LogP contribution in [0.25, 0.3) is 0 Å². The Morgan fingerprint density at radius 1 is 1.28 bits per heavy atom. The van der Waals surface area contributed by atoms with Gasteiger partial charge in [-0.1, -0.05) is 6.07 Å². The molecule has 0 aliphatic carbocycles.